The number of hydrogen-bond donors (Lipinski definition) is 3. The van der Waals surface area contributed by atoms with E-state index in [0.29, 0.717) is 28.5 Å². The predicted octanol–water partition coefficient (Wildman–Crippen LogP) is 3.20. The molecule has 2 aliphatic heterocycles. The first kappa shape index (κ1) is 19.6. The highest BCUT2D eigenvalue weighted by Crippen LogP contribution is 2.39. The van der Waals surface area contributed by atoms with Gasteiger partial charge in [-0.15, -0.1) is 0 Å². The molecule has 6 nitrogen and oxygen atoms in total. The van der Waals surface area contributed by atoms with Crippen LogP contribution in [0.1, 0.15) is 40.6 Å². The number of nitrogens with zero attached hydrogens (tertiary/aromatic N) is 2. The molecule has 3 N–H and O–H groups in total. The fourth-order valence-corrected chi connectivity index (χ4v) is 4.03. The number of piperidine rings is 1. The van der Waals surface area contributed by atoms with Gasteiger partial charge < -0.3 is 15.2 Å². The molecule has 0 aliphatic carbocycles. The lowest BCUT2D eigenvalue weighted by molar-refractivity contribution is -0.183. The van der Waals surface area contributed by atoms with Crippen molar-refractivity contribution in [2.24, 2.45) is 5.92 Å². The zero-order valence-corrected chi connectivity index (χ0v) is 16.0. The Morgan fingerprint density at radius 2 is 2.17 bits per heavy atom. The molecule has 0 saturated carbocycles. The van der Waals surface area contributed by atoms with Crippen molar-refractivity contribution < 1.29 is 18.0 Å². The van der Waals surface area contributed by atoms with E-state index in [1.807, 2.05) is 0 Å². The van der Waals surface area contributed by atoms with Crippen molar-refractivity contribution in [2.45, 2.75) is 31.6 Å². The first-order valence-corrected chi connectivity index (χ1v) is 9.54. The third kappa shape index (κ3) is 3.78. The summed E-state index contributed by atoms with van der Waals surface area (Å²) in [5, 5.41) is 8.40. The van der Waals surface area contributed by atoms with Crippen molar-refractivity contribution in [3.8, 4) is 0 Å². The molecule has 4 rings (SSSR count). The SMILES string of the molecule is O=C1NC(=C=S)N(Cc2ncccc2[C@H]2C[C@@H](C(F)(F)F)CCN2)c2cc[nH]c21. The molecule has 0 spiro atoms. The standard InChI is InChI=1S/C19H18F3N5OS/c20-19(21,22)11-3-6-24-13(8-11)12-2-1-5-23-14(12)9-27-15-4-7-25-17(15)18(28)26-16(27)10-29/h1-2,4-5,7,11,13,24-25H,3,6,8-9H2,(H,26,28)/t11-,13+/m0/s1. The summed E-state index contributed by atoms with van der Waals surface area (Å²) in [5.41, 5.74) is 2.31. The minimum atomic E-state index is -4.22. The van der Waals surface area contributed by atoms with Crippen LogP contribution in [0, 0.1) is 5.92 Å². The monoisotopic (exact) mass is 421 g/mol. The fourth-order valence-electron chi connectivity index (χ4n) is 3.87. The van der Waals surface area contributed by atoms with E-state index in [0.717, 1.165) is 0 Å². The Morgan fingerprint density at radius 3 is 2.93 bits per heavy atom. The number of halogens is 3. The van der Waals surface area contributed by atoms with Crippen LogP contribution in [0.4, 0.5) is 18.9 Å². The lowest BCUT2D eigenvalue weighted by Crippen LogP contribution is -2.42. The van der Waals surface area contributed by atoms with Gasteiger partial charge in [-0.25, -0.2) is 0 Å². The molecule has 0 radical (unpaired) electrons. The van der Waals surface area contributed by atoms with Crippen molar-refractivity contribution in [1.29, 1.82) is 0 Å². The Labute approximate surface area is 170 Å². The highest BCUT2D eigenvalue weighted by molar-refractivity contribution is 7.78. The molecule has 2 aliphatic rings. The van der Waals surface area contributed by atoms with Gasteiger partial charge in [0.15, 0.2) is 5.82 Å². The van der Waals surface area contributed by atoms with Crippen LogP contribution in [0.2, 0.25) is 0 Å². The number of carbonyl (C=O) groups is 1. The highest BCUT2D eigenvalue weighted by Gasteiger charge is 2.43. The Balaban J connectivity index is 1.65. The zero-order valence-electron chi connectivity index (χ0n) is 15.2. The summed E-state index contributed by atoms with van der Waals surface area (Å²) in [6, 6.07) is 4.79. The Bertz CT molecular complexity index is 982. The van der Waals surface area contributed by atoms with Gasteiger partial charge in [-0.3, -0.25) is 15.1 Å². The molecule has 0 bridgehead atoms. The van der Waals surface area contributed by atoms with Crippen LogP contribution in [0.5, 0.6) is 0 Å². The van der Waals surface area contributed by atoms with Crippen LogP contribution in [0.15, 0.2) is 36.4 Å². The van der Waals surface area contributed by atoms with Crippen LogP contribution in [0.25, 0.3) is 0 Å². The normalized spacial score (nSPS) is 22.1. The largest absolute Gasteiger partial charge is 0.391 e. The predicted molar refractivity (Wildman–Crippen MR) is 104 cm³/mol. The number of nitrogens with one attached hydrogen (secondary N) is 3. The average molecular weight is 421 g/mol. The quantitative estimate of drug-likeness (QED) is 0.664. The fraction of sp³-hybridized carbons (Fsp3) is 0.368. The first-order valence-electron chi connectivity index (χ1n) is 9.13. The van der Waals surface area contributed by atoms with E-state index >= 15 is 0 Å². The molecule has 29 heavy (non-hydrogen) atoms. The number of anilines is 1. The van der Waals surface area contributed by atoms with Crippen LogP contribution in [-0.4, -0.2) is 33.6 Å². The molecule has 10 heteroatoms. The Hall–Kier alpha value is -2.68. The van der Waals surface area contributed by atoms with Crippen molar-refractivity contribution in [2.75, 3.05) is 11.4 Å². The number of thiocarbonyl (C=S) groups is 1. The van der Waals surface area contributed by atoms with Crippen molar-refractivity contribution in [1.82, 2.24) is 20.6 Å². The number of H-pyrrole nitrogens is 1. The molecule has 2 aromatic heterocycles. The van der Waals surface area contributed by atoms with Gasteiger partial charge in [-0.1, -0.05) is 6.07 Å². The van der Waals surface area contributed by atoms with E-state index in [9.17, 15) is 18.0 Å². The molecule has 2 aromatic rings. The Kier molecular flexibility index (Phi) is 5.16. The summed E-state index contributed by atoms with van der Waals surface area (Å²) in [7, 11) is 0. The molecule has 1 amide bonds. The lowest BCUT2D eigenvalue weighted by atomic mass is 9.87. The molecular weight excluding hydrogens is 403 g/mol. The van der Waals surface area contributed by atoms with Crippen LogP contribution in [0.3, 0.4) is 0 Å². The smallest absolute Gasteiger partial charge is 0.355 e. The van der Waals surface area contributed by atoms with E-state index in [-0.39, 0.29) is 31.8 Å². The number of amides is 1. The third-order valence-corrected chi connectivity index (χ3v) is 5.51. The first-order chi connectivity index (χ1) is 13.9. The zero-order chi connectivity index (χ0) is 20.6. The third-order valence-electron chi connectivity index (χ3n) is 5.32. The highest BCUT2D eigenvalue weighted by atomic mass is 32.1. The molecule has 2 atom stereocenters. The van der Waals surface area contributed by atoms with Crippen LogP contribution < -0.4 is 15.5 Å². The van der Waals surface area contributed by atoms with Gasteiger partial charge in [0.2, 0.25) is 0 Å². The molecule has 1 fully saturated rings. The maximum absolute atomic E-state index is 13.2. The molecule has 0 unspecified atom stereocenters. The van der Waals surface area contributed by atoms with Crippen molar-refractivity contribution in [3.63, 3.8) is 0 Å². The molecule has 1 saturated heterocycles. The van der Waals surface area contributed by atoms with Crippen LogP contribution in [-0.2, 0) is 6.54 Å². The number of rotatable bonds is 3. The summed E-state index contributed by atoms with van der Waals surface area (Å²) >= 11 is 4.92. The van der Waals surface area contributed by atoms with Gasteiger partial charge in [0.1, 0.15) is 5.69 Å². The maximum atomic E-state index is 13.2. The Morgan fingerprint density at radius 1 is 1.34 bits per heavy atom. The second-order valence-electron chi connectivity index (χ2n) is 7.04. The maximum Gasteiger partial charge on any atom is 0.391 e. The second-order valence-corrected chi connectivity index (χ2v) is 7.24. The number of aromatic amines is 1. The van der Waals surface area contributed by atoms with E-state index in [2.05, 4.69) is 25.6 Å². The van der Waals surface area contributed by atoms with Gasteiger partial charge in [0.05, 0.1) is 23.8 Å². The number of fused-ring (bicyclic) bond motifs is 1. The molecular formula is C19H18F3N5OS. The molecule has 152 valence electrons. The number of aromatic nitrogens is 2. The summed E-state index contributed by atoms with van der Waals surface area (Å²) in [5.74, 6) is -1.36. The minimum absolute atomic E-state index is 0.0375. The van der Waals surface area contributed by atoms with Crippen molar-refractivity contribution in [3.05, 3.63) is 53.4 Å². The van der Waals surface area contributed by atoms with Crippen LogP contribution >= 0.6 is 12.2 Å². The molecule has 4 heterocycles. The van der Waals surface area contributed by atoms with Gasteiger partial charge in [0.25, 0.3) is 5.91 Å². The van der Waals surface area contributed by atoms with Gasteiger partial charge in [-0.05, 0) is 54.3 Å². The number of carbonyl (C=O) groups excluding carboxylic acids is 1. The van der Waals surface area contributed by atoms with E-state index in [1.54, 1.807) is 35.5 Å². The van der Waals surface area contributed by atoms with Gasteiger partial charge in [0, 0.05) is 18.4 Å². The summed E-state index contributed by atoms with van der Waals surface area (Å²) in [6.07, 6.45) is -0.945. The van der Waals surface area contributed by atoms with E-state index < -0.39 is 18.1 Å². The summed E-state index contributed by atoms with van der Waals surface area (Å²) < 4.78 is 39.7. The minimum Gasteiger partial charge on any atom is -0.355 e. The number of pyridine rings is 1. The van der Waals surface area contributed by atoms with Crippen molar-refractivity contribution >= 4 is 28.8 Å². The lowest BCUT2D eigenvalue weighted by Gasteiger charge is -2.34. The number of alkyl halides is 3. The average Bonchev–Trinajstić information content (AvgIpc) is 3.20. The second kappa shape index (κ2) is 7.62. The summed E-state index contributed by atoms with van der Waals surface area (Å²) in [4.78, 5) is 21.2. The summed E-state index contributed by atoms with van der Waals surface area (Å²) in [6.45, 7) is 0.519. The van der Waals surface area contributed by atoms with Gasteiger partial charge >= 0.3 is 6.18 Å². The molecule has 0 aromatic carbocycles. The van der Waals surface area contributed by atoms with E-state index in [4.69, 9.17) is 12.2 Å². The topological polar surface area (TPSA) is 73.1 Å². The number of hydrogen-bond acceptors (Lipinski definition) is 5. The van der Waals surface area contributed by atoms with E-state index in [1.165, 1.54) is 0 Å². The van der Waals surface area contributed by atoms with Gasteiger partial charge in [-0.2, -0.15) is 13.2 Å².